The Labute approximate surface area is 118 Å². The van der Waals surface area contributed by atoms with Crippen molar-refractivity contribution in [2.75, 3.05) is 0 Å². The fourth-order valence-electron chi connectivity index (χ4n) is 1.44. The smallest absolute Gasteiger partial charge is 0.371 e. The van der Waals surface area contributed by atoms with Gasteiger partial charge in [0.25, 0.3) is 0 Å². The van der Waals surface area contributed by atoms with Gasteiger partial charge >= 0.3 is 5.97 Å². The highest BCUT2D eigenvalue weighted by molar-refractivity contribution is 6.32. The van der Waals surface area contributed by atoms with E-state index in [9.17, 15) is 4.79 Å². The first-order chi connectivity index (χ1) is 9.60. The van der Waals surface area contributed by atoms with Crippen molar-refractivity contribution in [3.05, 3.63) is 57.3 Å². The summed E-state index contributed by atoms with van der Waals surface area (Å²) >= 11 is 5.95. The van der Waals surface area contributed by atoms with E-state index >= 15 is 0 Å². The van der Waals surface area contributed by atoms with Gasteiger partial charge in [0.2, 0.25) is 5.76 Å². The second kappa shape index (κ2) is 6.01. The molecule has 0 aliphatic carbocycles. The third-order valence-corrected chi connectivity index (χ3v) is 2.61. The summed E-state index contributed by atoms with van der Waals surface area (Å²) in [5, 5.41) is 12.4. The first-order valence-corrected chi connectivity index (χ1v) is 5.77. The monoisotopic (exact) mass is 293 g/mol. The summed E-state index contributed by atoms with van der Waals surface area (Å²) in [7, 11) is 0. The first kappa shape index (κ1) is 13.8. The van der Waals surface area contributed by atoms with Crippen molar-refractivity contribution in [1.29, 1.82) is 0 Å². The van der Waals surface area contributed by atoms with E-state index in [1.807, 2.05) is 0 Å². The van der Waals surface area contributed by atoms with Crippen molar-refractivity contribution in [3.63, 3.8) is 0 Å². The number of azide groups is 1. The van der Waals surface area contributed by atoms with Crippen LogP contribution in [-0.4, -0.2) is 11.1 Å². The van der Waals surface area contributed by atoms with Crippen LogP contribution in [-0.2, 0) is 6.61 Å². The average molecular weight is 294 g/mol. The van der Waals surface area contributed by atoms with Crippen LogP contribution in [0.3, 0.4) is 0 Å². The summed E-state index contributed by atoms with van der Waals surface area (Å²) in [4.78, 5) is 13.3. The molecule has 0 unspecified atom stereocenters. The average Bonchev–Trinajstić information content (AvgIpc) is 2.87. The number of benzene rings is 1. The standard InChI is InChI=1S/C12H8ClN3O4/c13-9-5-7(15-16-14)1-3-10(9)19-6-8-2-4-11(20-8)12(17)18/h1-5H,6H2,(H,17,18). The molecule has 1 heterocycles. The lowest BCUT2D eigenvalue weighted by atomic mass is 10.3. The number of halogens is 1. The van der Waals surface area contributed by atoms with Crippen molar-refractivity contribution in [2.45, 2.75) is 6.61 Å². The molecule has 0 atom stereocenters. The fourth-order valence-corrected chi connectivity index (χ4v) is 1.67. The van der Waals surface area contributed by atoms with Gasteiger partial charge < -0.3 is 14.3 Å². The molecule has 0 aliphatic heterocycles. The Kier molecular flexibility index (Phi) is 4.14. The minimum Gasteiger partial charge on any atom is -0.484 e. The Morgan fingerprint density at radius 2 is 2.25 bits per heavy atom. The molecule has 0 bridgehead atoms. The topological polar surface area (TPSA) is 108 Å². The predicted octanol–water partition coefficient (Wildman–Crippen LogP) is 4.15. The first-order valence-electron chi connectivity index (χ1n) is 5.39. The van der Waals surface area contributed by atoms with Gasteiger partial charge in [-0.15, -0.1) is 0 Å². The van der Waals surface area contributed by atoms with E-state index in [1.54, 1.807) is 12.1 Å². The van der Waals surface area contributed by atoms with Gasteiger partial charge in [-0.05, 0) is 35.9 Å². The lowest BCUT2D eigenvalue weighted by molar-refractivity contribution is 0.0658. The van der Waals surface area contributed by atoms with Crippen molar-refractivity contribution < 1.29 is 19.1 Å². The third kappa shape index (κ3) is 3.23. The van der Waals surface area contributed by atoms with Gasteiger partial charge in [-0.2, -0.15) is 0 Å². The highest BCUT2D eigenvalue weighted by Gasteiger charge is 2.10. The number of hydrogen-bond acceptors (Lipinski definition) is 4. The maximum Gasteiger partial charge on any atom is 0.371 e. The number of carboxylic acid groups (broad SMARTS) is 1. The molecular weight excluding hydrogens is 286 g/mol. The molecule has 7 nitrogen and oxygen atoms in total. The van der Waals surface area contributed by atoms with Gasteiger partial charge in [-0.1, -0.05) is 16.7 Å². The van der Waals surface area contributed by atoms with Gasteiger partial charge in [0.1, 0.15) is 18.1 Å². The Morgan fingerprint density at radius 3 is 2.85 bits per heavy atom. The van der Waals surface area contributed by atoms with Gasteiger partial charge in [0, 0.05) is 10.6 Å². The van der Waals surface area contributed by atoms with Gasteiger partial charge in [0.15, 0.2) is 0 Å². The third-order valence-electron chi connectivity index (χ3n) is 2.32. The molecule has 0 saturated carbocycles. The van der Waals surface area contributed by atoms with Crippen LogP contribution in [0.15, 0.2) is 39.9 Å². The number of hydrogen-bond donors (Lipinski definition) is 1. The largest absolute Gasteiger partial charge is 0.484 e. The van der Waals surface area contributed by atoms with E-state index in [1.165, 1.54) is 18.2 Å². The van der Waals surface area contributed by atoms with Crippen LogP contribution in [0, 0.1) is 0 Å². The SMILES string of the molecule is [N-]=[N+]=Nc1ccc(OCc2ccc(C(=O)O)o2)c(Cl)c1. The second-order valence-corrected chi connectivity index (χ2v) is 4.07. The maximum atomic E-state index is 10.6. The van der Waals surface area contributed by atoms with E-state index in [0.29, 0.717) is 17.2 Å². The Morgan fingerprint density at radius 1 is 1.45 bits per heavy atom. The Bertz CT molecular complexity index is 692. The number of rotatable bonds is 5. The van der Waals surface area contributed by atoms with Crippen LogP contribution in [0.2, 0.25) is 5.02 Å². The molecule has 2 rings (SSSR count). The van der Waals surface area contributed by atoms with Gasteiger partial charge in [-0.3, -0.25) is 0 Å². The predicted molar refractivity (Wildman–Crippen MR) is 70.3 cm³/mol. The number of carboxylic acids is 1. The Balaban J connectivity index is 2.06. The van der Waals surface area contributed by atoms with E-state index in [-0.39, 0.29) is 17.4 Å². The lowest BCUT2D eigenvalue weighted by Crippen LogP contribution is -1.95. The van der Waals surface area contributed by atoms with E-state index in [0.717, 1.165) is 0 Å². The van der Waals surface area contributed by atoms with Crippen molar-refractivity contribution in [3.8, 4) is 5.75 Å². The molecule has 0 radical (unpaired) electrons. The maximum absolute atomic E-state index is 10.6. The van der Waals surface area contributed by atoms with Gasteiger partial charge in [0.05, 0.1) is 5.02 Å². The molecule has 20 heavy (non-hydrogen) atoms. The van der Waals surface area contributed by atoms with E-state index < -0.39 is 5.97 Å². The van der Waals surface area contributed by atoms with Crippen molar-refractivity contribution in [1.82, 2.24) is 0 Å². The number of aromatic carboxylic acids is 1. The fraction of sp³-hybridized carbons (Fsp3) is 0.0833. The molecule has 0 aliphatic rings. The summed E-state index contributed by atoms with van der Waals surface area (Å²) in [6, 6.07) is 7.40. The minimum atomic E-state index is -1.15. The van der Waals surface area contributed by atoms with Crippen molar-refractivity contribution >= 4 is 23.3 Å². The molecule has 1 aromatic heterocycles. The molecular formula is C12H8ClN3O4. The summed E-state index contributed by atoms with van der Waals surface area (Å²) in [6.45, 7) is 0.0356. The zero-order valence-corrected chi connectivity index (χ0v) is 10.7. The quantitative estimate of drug-likeness (QED) is 0.507. The Hall–Kier alpha value is -2.63. The summed E-state index contributed by atoms with van der Waals surface area (Å²) in [6.07, 6.45) is 0. The highest BCUT2D eigenvalue weighted by Crippen LogP contribution is 2.29. The lowest BCUT2D eigenvalue weighted by Gasteiger charge is -2.06. The van der Waals surface area contributed by atoms with Crippen molar-refractivity contribution in [2.24, 2.45) is 5.11 Å². The molecule has 0 spiro atoms. The molecule has 1 aromatic carbocycles. The number of nitrogens with zero attached hydrogens (tertiary/aromatic N) is 3. The molecule has 0 saturated heterocycles. The molecule has 0 fully saturated rings. The molecule has 8 heteroatoms. The highest BCUT2D eigenvalue weighted by atomic mass is 35.5. The molecule has 0 amide bonds. The molecule has 1 N–H and O–H groups in total. The van der Waals surface area contributed by atoms with Gasteiger partial charge in [-0.25, -0.2) is 4.79 Å². The van der Waals surface area contributed by atoms with E-state index in [4.69, 9.17) is 31.4 Å². The molecule has 102 valence electrons. The van der Waals surface area contributed by atoms with Crippen LogP contribution in [0.5, 0.6) is 5.75 Å². The second-order valence-electron chi connectivity index (χ2n) is 3.66. The van der Waals surface area contributed by atoms with Crippen LogP contribution in [0.1, 0.15) is 16.3 Å². The summed E-state index contributed by atoms with van der Waals surface area (Å²) < 4.78 is 10.4. The number of furan rings is 1. The van der Waals surface area contributed by atoms with Crippen LogP contribution in [0.4, 0.5) is 5.69 Å². The van der Waals surface area contributed by atoms with E-state index in [2.05, 4.69) is 10.0 Å². The van der Waals surface area contributed by atoms with Crippen LogP contribution >= 0.6 is 11.6 Å². The zero-order valence-electron chi connectivity index (χ0n) is 9.99. The normalized spacial score (nSPS) is 9.85. The summed E-state index contributed by atoms with van der Waals surface area (Å²) in [5.41, 5.74) is 8.67. The minimum absolute atomic E-state index is 0.0356. The van der Waals surface area contributed by atoms with Crippen LogP contribution < -0.4 is 4.74 Å². The number of ether oxygens (including phenoxy) is 1. The number of carbonyl (C=O) groups is 1. The van der Waals surface area contributed by atoms with Crippen LogP contribution in [0.25, 0.3) is 10.4 Å². The zero-order chi connectivity index (χ0) is 14.5. The molecule has 2 aromatic rings. The summed E-state index contributed by atoms with van der Waals surface area (Å²) in [5.74, 6) is -0.573.